The Kier molecular flexibility index (Phi) is 7.64. The molecule has 0 radical (unpaired) electrons. The number of ketones is 2. The van der Waals surface area contributed by atoms with E-state index in [1.165, 1.54) is 0 Å². The summed E-state index contributed by atoms with van der Waals surface area (Å²) in [4.78, 5) is 29.9. The Balaban J connectivity index is 1.98. The van der Waals surface area contributed by atoms with Crippen molar-refractivity contribution in [3.8, 4) is 11.5 Å². The fourth-order valence-corrected chi connectivity index (χ4v) is 6.30. The maximum atomic E-state index is 13.9. The summed E-state index contributed by atoms with van der Waals surface area (Å²) >= 11 is 6.71. The highest BCUT2D eigenvalue weighted by Crippen LogP contribution is 2.55. The summed E-state index contributed by atoms with van der Waals surface area (Å²) in [6, 6.07) is 3.67. The number of Topliss-reactive ketones (excluding diaryl/α,β-unsaturated/α-hetero) is 2. The van der Waals surface area contributed by atoms with Crippen LogP contribution in [0.2, 0.25) is 5.02 Å². The van der Waals surface area contributed by atoms with Crippen LogP contribution in [0.4, 0.5) is 0 Å². The Labute approximate surface area is 225 Å². The number of allylic oxidation sites excluding steroid dienone is 4. The normalized spacial score (nSPS) is 21.1. The van der Waals surface area contributed by atoms with Gasteiger partial charge in [0.1, 0.15) is 6.61 Å². The summed E-state index contributed by atoms with van der Waals surface area (Å²) < 4.78 is 16.9. The molecular formula is C30H38ClNO5. The number of nitrogens with zero attached hydrogens (tertiary/aromatic N) is 1. The predicted molar refractivity (Wildman–Crippen MR) is 145 cm³/mol. The second-order valence-electron chi connectivity index (χ2n) is 11.8. The molecule has 0 bridgehead atoms. The molecule has 1 heterocycles. The molecule has 1 aromatic carbocycles. The monoisotopic (exact) mass is 527 g/mol. The Bertz CT molecular complexity index is 1140. The summed E-state index contributed by atoms with van der Waals surface area (Å²) in [5, 5.41) is 0.370. The lowest BCUT2D eigenvalue weighted by atomic mass is 9.63. The molecule has 0 atom stereocenters. The number of hydrogen-bond donors (Lipinski definition) is 0. The summed E-state index contributed by atoms with van der Waals surface area (Å²) in [6.07, 6.45) is 3.97. The molecule has 37 heavy (non-hydrogen) atoms. The lowest BCUT2D eigenvalue weighted by molar-refractivity contribution is -0.119. The van der Waals surface area contributed by atoms with Crippen LogP contribution in [0.3, 0.4) is 0 Å². The van der Waals surface area contributed by atoms with Crippen molar-refractivity contribution in [2.45, 2.75) is 59.3 Å². The van der Waals surface area contributed by atoms with Crippen LogP contribution in [0.5, 0.6) is 11.5 Å². The fourth-order valence-electron chi connectivity index (χ4n) is 6.02. The van der Waals surface area contributed by atoms with Crippen molar-refractivity contribution in [1.82, 2.24) is 4.90 Å². The predicted octanol–water partition coefficient (Wildman–Crippen LogP) is 6.25. The van der Waals surface area contributed by atoms with Crippen LogP contribution in [0.15, 0.2) is 47.3 Å². The molecule has 0 amide bonds. The molecule has 200 valence electrons. The topological polar surface area (TPSA) is 65.1 Å². The first kappa shape index (κ1) is 27.5. The third kappa shape index (κ3) is 5.23. The van der Waals surface area contributed by atoms with Gasteiger partial charge in [-0.15, -0.1) is 0 Å². The lowest BCUT2D eigenvalue weighted by Crippen LogP contribution is -2.45. The van der Waals surface area contributed by atoms with Crippen molar-refractivity contribution in [2.75, 3.05) is 34.0 Å². The minimum absolute atomic E-state index is 0.0740. The van der Waals surface area contributed by atoms with Gasteiger partial charge in [-0.05, 0) is 41.4 Å². The van der Waals surface area contributed by atoms with Crippen molar-refractivity contribution < 1.29 is 23.8 Å². The Morgan fingerprint density at radius 2 is 1.57 bits per heavy atom. The Morgan fingerprint density at radius 1 is 1.00 bits per heavy atom. The smallest absolute Gasteiger partial charge is 0.180 e. The molecule has 0 saturated carbocycles. The zero-order chi connectivity index (χ0) is 27.1. The number of carbonyl (C=O) groups excluding carboxylic acids is 2. The van der Waals surface area contributed by atoms with E-state index >= 15 is 0 Å². The first-order chi connectivity index (χ1) is 17.4. The number of ether oxygens (including phenoxy) is 3. The van der Waals surface area contributed by atoms with Crippen LogP contribution in [-0.2, 0) is 14.3 Å². The molecule has 6 nitrogen and oxygen atoms in total. The van der Waals surface area contributed by atoms with Gasteiger partial charge in [0.25, 0.3) is 0 Å². The van der Waals surface area contributed by atoms with Gasteiger partial charge in [0, 0.05) is 55.0 Å². The van der Waals surface area contributed by atoms with E-state index in [9.17, 15) is 9.59 Å². The molecule has 7 heteroatoms. The van der Waals surface area contributed by atoms with Crippen molar-refractivity contribution >= 4 is 23.2 Å². The highest BCUT2D eigenvalue weighted by Gasteiger charge is 2.49. The van der Waals surface area contributed by atoms with Crippen LogP contribution in [0, 0.1) is 10.8 Å². The molecule has 0 spiro atoms. The van der Waals surface area contributed by atoms with Crippen molar-refractivity contribution in [3.63, 3.8) is 0 Å². The van der Waals surface area contributed by atoms with Crippen molar-refractivity contribution in [1.29, 1.82) is 0 Å². The Hall–Kier alpha value is -2.57. The standard InChI is InChI=1S/C30H38ClNO5/c1-8-10-37-28-19(31)12-18(13-24(28)36-7)25-26-20(14-29(2,3)16-22(26)33)32(9-11-35-6)21-15-30(4,5)17-23(34)27(21)25/h8,12-13,25H,1,9-11,14-17H2,2-7H3. The van der Waals surface area contributed by atoms with E-state index in [-0.39, 0.29) is 29.0 Å². The molecular weight excluding hydrogens is 490 g/mol. The summed E-state index contributed by atoms with van der Waals surface area (Å²) in [5.41, 5.74) is 3.77. The molecule has 0 aromatic heterocycles. The van der Waals surface area contributed by atoms with E-state index in [4.69, 9.17) is 25.8 Å². The fraction of sp³-hybridized carbons (Fsp3) is 0.533. The van der Waals surface area contributed by atoms with E-state index in [2.05, 4.69) is 39.2 Å². The van der Waals surface area contributed by atoms with E-state index in [0.717, 1.165) is 29.8 Å². The molecule has 0 unspecified atom stereocenters. The summed E-state index contributed by atoms with van der Waals surface area (Å²) in [5.74, 6) is 0.522. The zero-order valence-corrected chi connectivity index (χ0v) is 23.6. The van der Waals surface area contributed by atoms with E-state index < -0.39 is 5.92 Å². The number of methoxy groups -OCH3 is 2. The maximum Gasteiger partial charge on any atom is 0.180 e. The summed E-state index contributed by atoms with van der Waals surface area (Å²) in [6.45, 7) is 13.6. The van der Waals surface area contributed by atoms with E-state index in [0.29, 0.717) is 53.7 Å². The third-order valence-corrected chi connectivity index (χ3v) is 7.75. The van der Waals surface area contributed by atoms with Crippen LogP contribution >= 0.6 is 11.6 Å². The minimum atomic E-state index is -0.504. The zero-order valence-electron chi connectivity index (χ0n) is 22.8. The molecule has 0 saturated heterocycles. The SMILES string of the molecule is C=CCOc1c(Cl)cc(C2C3=C(CC(C)(C)CC3=O)N(CCOC)C3=C2C(=O)CC(C)(C)C3)cc1OC. The van der Waals surface area contributed by atoms with Crippen LogP contribution < -0.4 is 9.47 Å². The molecule has 3 aliphatic rings. The number of halogens is 1. The summed E-state index contributed by atoms with van der Waals surface area (Å²) in [7, 11) is 3.23. The van der Waals surface area contributed by atoms with Gasteiger partial charge in [-0.1, -0.05) is 52.0 Å². The molecule has 1 aromatic rings. The highest BCUT2D eigenvalue weighted by molar-refractivity contribution is 6.32. The van der Waals surface area contributed by atoms with Gasteiger partial charge in [0.05, 0.1) is 18.7 Å². The van der Waals surface area contributed by atoms with Gasteiger partial charge in [0.15, 0.2) is 23.1 Å². The van der Waals surface area contributed by atoms with Gasteiger partial charge in [0.2, 0.25) is 0 Å². The second kappa shape index (κ2) is 10.3. The second-order valence-corrected chi connectivity index (χ2v) is 12.2. The van der Waals surface area contributed by atoms with Crippen molar-refractivity contribution in [3.05, 3.63) is 57.9 Å². The van der Waals surface area contributed by atoms with Crippen LogP contribution in [0.25, 0.3) is 0 Å². The average molecular weight is 528 g/mol. The molecule has 4 rings (SSSR count). The van der Waals surface area contributed by atoms with Gasteiger partial charge >= 0.3 is 0 Å². The number of hydrogen-bond acceptors (Lipinski definition) is 6. The lowest BCUT2D eigenvalue weighted by Gasteiger charge is -2.49. The molecule has 0 fully saturated rings. The first-order valence-electron chi connectivity index (χ1n) is 12.8. The van der Waals surface area contributed by atoms with Gasteiger partial charge < -0.3 is 19.1 Å². The number of carbonyl (C=O) groups is 2. The quantitative estimate of drug-likeness (QED) is 0.372. The molecule has 0 N–H and O–H groups in total. The average Bonchev–Trinajstić information content (AvgIpc) is 2.79. The van der Waals surface area contributed by atoms with Crippen LogP contribution in [-0.4, -0.2) is 50.4 Å². The van der Waals surface area contributed by atoms with Gasteiger partial charge in [-0.3, -0.25) is 9.59 Å². The molecule has 1 aliphatic heterocycles. The third-order valence-electron chi connectivity index (χ3n) is 7.47. The van der Waals surface area contributed by atoms with E-state index in [1.807, 2.05) is 12.1 Å². The van der Waals surface area contributed by atoms with Gasteiger partial charge in [-0.2, -0.15) is 0 Å². The maximum absolute atomic E-state index is 13.9. The number of rotatable bonds is 8. The van der Waals surface area contributed by atoms with Crippen molar-refractivity contribution in [2.24, 2.45) is 10.8 Å². The Morgan fingerprint density at radius 3 is 2.05 bits per heavy atom. The first-order valence-corrected chi connectivity index (χ1v) is 13.2. The minimum Gasteiger partial charge on any atom is -0.493 e. The van der Waals surface area contributed by atoms with Gasteiger partial charge in [-0.25, -0.2) is 0 Å². The van der Waals surface area contributed by atoms with Crippen LogP contribution in [0.1, 0.15) is 64.9 Å². The van der Waals surface area contributed by atoms with E-state index in [1.54, 1.807) is 20.3 Å². The molecule has 2 aliphatic carbocycles. The largest absolute Gasteiger partial charge is 0.493 e. The highest BCUT2D eigenvalue weighted by atomic mass is 35.5. The number of benzene rings is 1.